The summed E-state index contributed by atoms with van der Waals surface area (Å²) in [5, 5.41) is 26.1. The lowest BCUT2D eigenvalue weighted by molar-refractivity contribution is 0.0697. The molecule has 2 aromatic rings. The van der Waals surface area contributed by atoms with Crippen molar-refractivity contribution in [1.82, 2.24) is 25.9 Å². The molecule has 0 saturated heterocycles. The van der Waals surface area contributed by atoms with Gasteiger partial charge in [0.25, 0.3) is 0 Å². The number of aromatic nitrogens is 4. The average molecular weight is 280 g/mol. The zero-order valence-corrected chi connectivity index (χ0v) is 9.92. The number of carboxylic acids is 1. The first-order valence-electron chi connectivity index (χ1n) is 5.36. The highest BCUT2D eigenvalue weighted by Gasteiger charge is 2.11. The summed E-state index contributed by atoms with van der Waals surface area (Å²) in [4.78, 5) is 22.3. The number of aromatic carboxylic acids is 1. The molecule has 1 aromatic carbocycles. The number of nitrogens with one attached hydrogen (secondary N) is 3. The molecule has 0 fully saturated rings. The lowest BCUT2D eigenvalue weighted by Crippen LogP contribution is -2.29. The third kappa shape index (κ3) is 3.25. The van der Waals surface area contributed by atoms with Crippen molar-refractivity contribution >= 4 is 17.7 Å². The van der Waals surface area contributed by atoms with Crippen LogP contribution in [0.15, 0.2) is 18.2 Å². The van der Waals surface area contributed by atoms with E-state index in [1.807, 2.05) is 0 Å². The van der Waals surface area contributed by atoms with Crippen LogP contribution in [0, 0.1) is 5.82 Å². The number of tetrazole rings is 1. The first-order chi connectivity index (χ1) is 9.56. The number of hydrogen-bond donors (Lipinski definition) is 4. The molecule has 0 aliphatic carbocycles. The Bertz CT molecular complexity index is 630. The molecule has 104 valence electrons. The normalized spacial score (nSPS) is 10.1. The number of halogens is 1. The van der Waals surface area contributed by atoms with Crippen LogP contribution in [0.1, 0.15) is 16.2 Å². The minimum absolute atomic E-state index is 0.0113. The minimum atomic E-state index is -1.22. The lowest BCUT2D eigenvalue weighted by atomic mass is 10.2. The Morgan fingerprint density at radius 1 is 1.40 bits per heavy atom. The predicted octanol–water partition coefficient (Wildman–Crippen LogP) is 0.359. The highest BCUT2D eigenvalue weighted by atomic mass is 19.1. The van der Waals surface area contributed by atoms with Gasteiger partial charge in [0.1, 0.15) is 5.82 Å². The van der Waals surface area contributed by atoms with E-state index in [0.717, 1.165) is 18.2 Å². The molecule has 1 aromatic heterocycles. The zero-order chi connectivity index (χ0) is 14.5. The molecule has 0 bridgehead atoms. The van der Waals surface area contributed by atoms with E-state index >= 15 is 0 Å². The van der Waals surface area contributed by atoms with Gasteiger partial charge >= 0.3 is 12.0 Å². The first-order valence-corrected chi connectivity index (χ1v) is 5.36. The van der Waals surface area contributed by atoms with Gasteiger partial charge < -0.3 is 15.7 Å². The smallest absolute Gasteiger partial charge is 0.335 e. The standard InChI is InChI=1S/C10H9FN6O3/c11-6-2-1-5(9(18)19)3-7(6)13-10(20)12-4-8-14-16-17-15-8/h1-3H,4H2,(H,18,19)(H2,12,13,20)(H,14,15,16,17). The maximum atomic E-state index is 13.4. The van der Waals surface area contributed by atoms with Crippen LogP contribution < -0.4 is 10.6 Å². The number of aromatic amines is 1. The number of hydrogen-bond acceptors (Lipinski definition) is 5. The van der Waals surface area contributed by atoms with Gasteiger partial charge in [-0.25, -0.2) is 14.0 Å². The number of nitrogens with zero attached hydrogens (tertiary/aromatic N) is 3. The van der Waals surface area contributed by atoms with E-state index in [1.165, 1.54) is 0 Å². The second kappa shape index (κ2) is 5.73. The number of anilines is 1. The SMILES string of the molecule is O=C(NCc1nn[nH]n1)Nc1cc(C(=O)O)ccc1F. The molecule has 20 heavy (non-hydrogen) atoms. The minimum Gasteiger partial charge on any atom is -0.478 e. The van der Waals surface area contributed by atoms with E-state index in [9.17, 15) is 14.0 Å². The maximum absolute atomic E-state index is 13.4. The fraction of sp³-hybridized carbons (Fsp3) is 0.100. The van der Waals surface area contributed by atoms with Crippen LogP contribution in [0.5, 0.6) is 0 Å². The molecule has 9 nitrogen and oxygen atoms in total. The molecule has 2 rings (SSSR count). The molecular weight excluding hydrogens is 271 g/mol. The summed E-state index contributed by atoms with van der Waals surface area (Å²) in [6.45, 7) is -0.0113. The van der Waals surface area contributed by atoms with Gasteiger partial charge in [-0.05, 0) is 18.2 Å². The van der Waals surface area contributed by atoms with E-state index in [-0.39, 0.29) is 23.6 Å². The van der Waals surface area contributed by atoms with E-state index in [4.69, 9.17) is 5.11 Å². The van der Waals surface area contributed by atoms with Gasteiger partial charge in [0.05, 0.1) is 17.8 Å². The highest BCUT2D eigenvalue weighted by molar-refractivity contribution is 5.93. The van der Waals surface area contributed by atoms with Crippen molar-refractivity contribution in [2.45, 2.75) is 6.54 Å². The molecule has 0 spiro atoms. The summed E-state index contributed by atoms with van der Waals surface area (Å²) in [5.41, 5.74) is -0.379. The van der Waals surface area contributed by atoms with Gasteiger partial charge in [-0.3, -0.25) is 0 Å². The van der Waals surface area contributed by atoms with Crippen molar-refractivity contribution in [3.63, 3.8) is 0 Å². The fourth-order valence-electron chi connectivity index (χ4n) is 1.34. The van der Waals surface area contributed by atoms with E-state index in [2.05, 4.69) is 31.3 Å². The summed E-state index contributed by atoms with van der Waals surface area (Å²) in [5.74, 6) is -1.72. The molecule has 0 radical (unpaired) electrons. The van der Waals surface area contributed by atoms with Crippen LogP contribution in [-0.4, -0.2) is 37.7 Å². The monoisotopic (exact) mass is 280 g/mol. The molecule has 1 heterocycles. The highest BCUT2D eigenvalue weighted by Crippen LogP contribution is 2.16. The van der Waals surface area contributed by atoms with Crippen molar-refractivity contribution in [3.8, 4) is 0 Å². The number of benzene rings is 1. The van der Waals surface area contributed by atoms with Gasteiger partial charge in [-0.15, -0.1) is 10.2 Å². The molecular formula is C10H9FN6O3. The molecule has 10 heteroatoms. The first kappa shape index (κ1) is 13.4. The number of H-pyrrole nitrogens is 1. The third-order valence-electron chi connectivity index (χ3n) is 2.26. The summed E-state index contributed by atoms with van der Waals surface area (Å²) in [6, 6.07) is 2.35. The summed E-state index contributed by atoms with van der Waals surface area (Å²) >= 11 is 0. The number of carbonyl (C=O) groups is 2. The van der Waals surface area contributed by atoms with Crippen LogP contribution in [-0.2, 0) is 6.54 Å². The van der Waals surface area contributed by atoms with Gasteiger partial charge in [0, 0.05) is 0 Å². The van der Waals surface area contributed by atoms with E-state index in [1.54, 1.807) is 0 Å². The molecule has 0 aliphatic rings. The number of carbonyl (C=O) groups excluding carboxylic acids is 1. The predicted molar refractivity (Wildman–Crippen MR) is 63.4 cm³/mol. The maximum Gasteiger partial charge on any atom is 0.335 e. The number of rotatable bonds is 4. The average Bonchev–Trinajstić information content (AvgIpc) is 2.92. The molecule has 0 saturated carbocycles. The topological polar surface area (TPSA) is 133 Å². The summed E-state index contributed by atoms with van der Waals surface area (Å²) < 4.78 is 13.4. The van der Waals surface area contributed by atoms with Crippen molar-refractivity contribution in [2.75, 3.05) is 5.32 Å². The molecule has 2 amide bonds. The Balaban J connectivity index is 2.00. The van der Waals surface area contributed by atoms with Crippen molar-refractivity contribution < 1.29 is 19.1 Å². The number of carboxylic acid groups (broad SMARTS) is 1. The fourth-order valence-corrected chi connectivity index (χ4v) is 1.34. The van der Waals surface area contributed by atoms with Crippen LogP contribution >= 0.6 is 0 Å². The lowest BCUT2D eigenvalue weighted by Gasteiger charge is -2.07. The van der Waals surface area contributed by atoms with Crippen molar-refractivity contribution in [1.29, 1.82) is 0 Å². The van der Waals surface area contributed by atoms with E-state index in [0.29, 0.717) is 0 Å². The summed E-state index contributed by atoms with van der Waals surface area (Å²) in [6.07, 6.45) is 0. The van der Waals surface area contributed by atoms with Gasteiger partial charge in [-0.2, -0.15) is 5.21 Å². The van der Waals surface area contributed by atoms with Crippen molar-refractivity contribution in [3.05, 3.63) is 35.4 Å². The van der Waals surface area contributed by atoms with Crippen LogP contribution in [0.4, 0.5) is 14.9 Å². The van der Waals surface area contributed by atoms with Gasteiger partial charge in [-0.1, -0.05) is 5.21 Å². The van der Waals surface area contributed by atoms with Crippen LogP contribution in [0.2, 0.25) is 0 Å². The summed E-state index contributed by atoms with van der Waals surface area (Å²) in [7, 11) is 0. The number of urea groups is 1. The Labute approximate surface area is 111 Å². The van der Waals surface area contributed by atoms with Crippen molar-refractivity contribution in [2.24, 2.45) is 0 Å². The largest absolute Gasteiger partial charge is 0.478 e. The quantitative estimate of drug-likeness (QED) is 0.639. The Kier molecular flexibility index (Phi) is 3.84. The molecule has 0 atom stereocenters. The van der Waals surface area contributed by atoms with E-state index < -0.39 is 17.8 Å². The molecule has 0 aliphatic heterocycles. The van der Waals surface area contributed by atoms with Crippen LogP contribution in [0.25, 0.3) is 0 Å². The van der Waals surface area contributed by atoms with Gasteiger partial charge in [0.15, 0.2) is 5.82 Å². The van der Waals surface area contributed by atoms with Gasteiger partial charge in [0.2, 0.25) is 0 Å². The molecule has 0 unspecified atom stereocenters. The Morgan fingerprint density at radius 2 is 2.20 bits per heavy atom. The Morgan fingerprint density at radius 3 is 2.85 bits per heavy atom. The zero-order valence-electron chi connectivity index (χ0n) is 9.92. The number of amides is 2. The second-order valence-electron chi connectivity index (χ2n) is 3.64. The second-order valence-corrected chi connectivity index (χ2v) is 3.64. The van der Waals surface area contributed by atoms with Crippen LogP contribution in [0.3, 0.4) is 0 Å². The Hall–Kier alpha value is -3.04. The third-order valence-corrected chi connectivity index (χ3v) is 2.26. The molecule has 4 N–H and O–H groups in total.